The molecule has 1 aromatic heterocycles. The fraction of sp³-hybridized carbons (Fsp3) is 0.444. The van der Waals surface area contributed by atoms with Crippen LogP contribution in [0.15, 0.2) is 24.4 Å². The number of alkyl halides is 1. The lowest BCUT2D eigenvalue weighted by molar-refractivity contribution is 0.159. The maximum absolute atomic E-state index is 11.2. The third kappa shape index (κ3) is 2.53. The van der Waals surface area contributed by atoms with Gasteiger partial charge in [0.05, 0.1) is 9.74 Å². The number of nitrogens with two attached hydrogens (primary N) is 1. The number of hydrogen-bond donors (Lipinski definition) is 1. The van der Waals surface area contributed by atoms with E-state index in [-0.39, 0.29) is 4.05 Å². The highest BCUT2D eigenvalue weighted by Crippen LogP contribution is 2.29. The first-order valence-corrected chi connectivity index (χ1v) is 7.63. The van der Waals surface area contributed by atoms with Crippen LogP contribution in [0.4, 0.5) is 0 Å². The lowest BCUT2D eigenvalue weighted by atomic mass is 10.2. The van der Waals surface area contributed by atoms with Crippen molar-refractivity contribution in [2.45, 2.75) is 15.8 Å². The number of aromatic nitrogens is 1. The number of likely N-dealkylation sites (tertiary alicyclic amines) is 1. The Morgan fingerprint density at radius 3 is 2.81 bits per heavy atom. The zero-order valence-corrected chi connectivity index (χ0v) is 11.4. The summed E-state index contributed by atoms with van der Waals surface area (Å²) in [6.45, 7) is 1.16. The van der Waals surface area contributed by atoms with E-state index in [4.69, 9.17) is 5.14 Å². The standard InChI is InChI=1S/C9H12IN3O2S/c10-9-8(16(11,14)15)6-13(9)5-7-3-1-2-4-12-7/h1-4,8-9H,5-6H2,(H2,11,14,15). The molecule has 1 fully saturated rings. The molecular weight excluding hydrogens is 341 g/mol. The van der Waals surface area contributed by atoms with Gasteiger partial charge >= 0.3 is 0 Å². The summed E-state index contributed by atoms with van der Waals surface area (Å²) in [7, 11) is -3.41. The maximum atomic E-state index is 11.2. The van der Waals surface area contributed by atoms with Gasteiger partial charge in [0, 0.05) is 19.3 Å². The second kappa shape index (κ2) is 4.55. The smallest absolute Gasteiger partial charge is 0.215 e. The van der Waals surface area contributed by atoms with Crippen molar-refractivity contribution in [2.75, 3.05) is 6.54 Å². The van der Waals surface area contributed by atoms with Crippen LogP contribution in [0.2, 0.25) is 0 Å². The van der Waals surface area contributed by atoms with Crippen LogP contribution in [0.25, 0.3) is 0 Å². The molecule has 1 aliphatic heterocycles. The Labute approximate surface area is 108 Å². The second-order valence-electron chi connectivity index (χ2n) is 3.75. The van der Waals surface area contributed by atoms with E-state index >= 15 is 0 Å². The van der Waals surface area contributed by atoms with E-state index in [9.17, 15) is 8.42 Å². The Morgan fingerprint density at radius 2 is 2.31 bits per heavy atom. The summed E-state index contributed by atoms with van der Waals surface area (Å²) in [5.74, 6) is 0. The van der Waals surface area contributed by atoms with Crippen molar-refractivity contribution in [1.82, 2.24) is 9.88 Å². The van der Waals surface area contributed by atoms with Crippen molar-refractivity contribution in [3.8, 4) is 0 Å². The highest BCUT2D eigenvalue weighted by atomic mass is 127. The molecule has 0 spiro atoms. The molecule has 5 nitrogen and oxygen atoms in total. The number of rotatable bonds is 3. The van der Waals surface area contributed by atoms with Gasteiger partial charge in [0.1, 0.15) is 5.25 Å². The molecule has 1 saturated heterocycles. The van der Waals surface area contributed by atoms with Crippen LogP contribution in [0.5, 0.6) is 0 Å². The van der Waals surface area contributed by atoms with E-state index in [1.807, 2.05) is 23.1 Å². The van der Waals surface area contributed by atoms with Gasteiger partial charge in [-0.05, 0) is 12.1 Å². The fourth-order valence-corrected chi connectivity index (χ4v) is 4.39. The van der Waals surface area contributed by atoms with Gasteiger partial charge in [-0.2, -0.15) is 0 Å². The quantitative estimate of drug-likeness (QED) is 0.482. The third-order valence-electron chi connectivity index (χ3n) is 2.58. The minimum Gasteiger partial charge on any atom is -0.283 e. The van der Waals surface area contributed by atoms with Crippen molar-refractivity contribution in [2.24, 2.45) is 5.14 Å². The van der Waals surface area contributed by atoms with E-state index in [2.05, 4.69) is 27.6 Å². The number of primary sulfonamides is 1. The molecule has 0 bridgehead atoms. The van der Waals surface area contributed by atoms with Crippen LogP contribution >= 0.6 is 22.6 Å². The molecule has 88 valence electrons. The van der Waals surface area contributed by atoms with Crippen molar-refractivity contribution < 1.29 is 8.42 Å². The zero-order chi connectivity index (χ0) is 11.8. The largest absolute Gasteiger partial charge is 0.283 e. The molecule has 7 heteroatoms. The van der Waals surface area contributed by atoms with Crippen LogP contribution in [0.1, 0.15) is 5.69 Å². The summed E-state index contributed by atoms with van der Waals surface area (Å²) >= 11 is 2.11. The monoisotopic (exact) mass is 353 g/mol. The molecule has 1 aromatic rings. The summed E-state index contributed by atoms with van der Waals surface area (Å²) in [4.78, 5) is 6.24. The first-order valence-electron chi connectivity index (χ1n) is 4.78. The Bertz CT molecular complexity index is 465. The van der Waals surface area contributed by atoms with Crippen LogP contribution in [-0.2, 0) is 16.6 Å². The molecule has 1 aliphatic rings. The van der Waals surface area contributed by atoms with Crippen molar-refractivity contribution in [3.63, 3.8) is 0 Å². The average molecular weight is 353 g/mol. The van der Waals surface area contributed by atoms with Gasteiger partial charge in [-0.25, -0.2) is 13.6 Å². The summed E-state index contributed by atoms with van der Waals surface area (Å²) in [5, 5.41) is 4.66. The highest BCUT2D eigenvalue weighted by molar-refractivity contribution is 14.1. The normalized spacial score (nSPS) is 26.4. The van der Waals surface area contributed by atoms with Crippen molar-refractivity contribution in [3.05, 3.63) is 30.1 Å². The molecule has 0 aromatic carbocycles. The fourth-order valence-electron chi connectivity index (χ4n) is 1.63. The van der Waals surface area contributed by atoms with Gasteiger partial charge in [0.25, 0.3) is 0 Å². The second-order valence-corrected chi connectivity index (χ2v) is 6.81. The number of nitrogens with zero attached hydrogens (tertiary/aromatic N) is 2. The van der Waals surface area contributed by atoms with E-state index in [0.29, 0.717) is 13.1 Å². The summed E-state index contributed by atoms with van der Waals surface area (Å²) < 4.78 is 22.2. The number of pyridine rings is 1. The molecule has 0 saturated carbocycles. The molecule has 2 heterocycles. The Morgan fingerprint density at radius 1 is 1.56 bits per heavy atom. The number of halogens is 1. The van der Waals surface area contributed by atoms with Gasteiger partial charge in [0.15, 0.2) is 0 Å². The van der Waals surface area contributed by atoms with Gasteiger partial charge in [-0.3, -0.25) is 9.88 Å². The van der Waals surface area contributed by atoms with E-state index in [1.165, 1.54) is 0 Å². The van der Waals surface area contributed by atoms with E-state index in [0.717, 1.165) is 5.69 Å². The Hall–Kier alpha value is -0.250. The van der Waals surface area contributed by atoms with Crippen LogP contribution < -0.4 is 5.14 Å². The molecule has 0 radical (unpaired) electrons. The summed E-state index contributed by atoms with van der Waals surface area (Å²) in [6, 6.07) is 5.70. The molecule has 0 aliphatic carbocycles. The predicted molar refractivity (Wildman–Crippen MR) is 69.4 cm³/mol. The first-order chi connectivity index (χ1) is 7.48. The lowest BCUT2D eigenvalue weighted by Gasteiger charge is -2.43. The van der Waals surface area contributed by atoms with E-state index < -0.39 is 15.3 Å². The minimum absolute atomic E-state index is 0.0605. The van der Waals surface area contributed by atoms with Crippen LogP contribution in [0, 0.1) is 0 Å². The molecule has 2 atom stereocenters. The zero-order valence-electron chi connectivity index (χ0n) is 8.45. The minimum atomic E-state index is -3.41. The highest BCUT2D eigenvalue weighted by Gasteiger charge is 2.43. The van der Waals surface area contributed by atoms with Gasteiger partial charge in [0.2, 0.25) is 10.0 Å². The Kier molecular flexibility index (Phi) is 3.48. The average Bonchev–Trinajstić information content (AvgIpc) is 2.23. The SMILES string of the molecule is NS(=O)(=O)C1CN(Cc2ccccn2)C1I. The molecule has 2 unspecified atom stereocenters. The van der Waals surface area contributed by atoms with Crippen molar-refractivity contribution in [1.29, 1.82) is 0 Å². The topological polar surface area (TPSA) is 76.3 Å². The van der Waals surface area contributed by atoms with Crippen LogP contribution in [0.3, 0.4) is 0 Å². The molecule has 0 amide bonds. The molecule has 16 heavy (non-hydrogen) atoms. The Balaban J connectivity index is 1.97. The van der Waals surface area contributed by atoms with Gasteiger partial charge in [-0.1, -0.05) is 28.7 Å². The van der Waals surface area contributed by atoms with Gasteiger partial charge < -0.3 is 0 Å². The summed E-state index contributed by atoms with van der Waals surface area (Å²) in [6.07, 6.45) is 1.73. The maximum Gasteiger partial charge on any atom is 0.215 e. The number of sulfonamides is 1. The third-order valence-corrected chi connectivity index (χ3v) is 5.98. The molecule has 2 rings (SSSR count). The van der Waals surface area contributed by atoms with Gasteiger partial charge in [-0.15, -0.1) is 0 Å². The lowest BCUT2D eigenvalue weighted by Crippen LogP contribution is -2.60. The van der Waals surface area contributed by atoms with Crippen LogP contribution in [-0.4, -0.2) is 34.1 Å². The number of hydrogen-bond acceptors (Lipinski definition) is 4. The van der Waals surface area contributed by atoms with Crippen molar-refractivity contribution >= 4 is 32.6 Å². The summed E-state index contributed by atoms with van der Waals surface area (Å²) in [5.41, 5.74) is 0.942. The molecular formula is C9H12IN3O2S. The van der Waals surface area contributed by atoms with E-state index in [1.54, 1.807) is 6.20 Å². The first kappa shape index (κ1) is 12.2. The molecule has 2 N–H and O–H groups in total. The predicted octanol–water partition coefficient (Wildman–Crippen LogP) is 0.315.